The van der Waals surface area contributed by atoms with Gasteiger partial charge in [0.05, 0.1) is 0 Å². The van der Waals surface area contributed by atoms with Crippen LogP contribution in [0.5, 0.6) is 0 Å². The summed E-state index contributed by atoms with van der Waals surface area (Å²) in [6, 6.07) is 0. The summed E-state index contributed by atoms with van der Waals surface area (Å²) >= 11 is 0. The average molecular weight is 148 g/mol. The number of nitrogens with one attached hydrogen (secondary N) is 1. The van der Waals surface area contributed by atoms with Crippen LogP contribution in [0.3, 0.4) is 0 Å². The van der Waals surface area contributed by atoms with Gasteiger partial charge in [0.1, 0.15) is 0 Å². The zero-order valence-electron chi connectivity index (χ0n) is 6.67. The van der Waals surface area contributed by atoms with Crippen molar-refractivity contribution in [1.29, 1.82) is 5.41 Å². The van der Waals surface area contributed by atoms with Gasteiger partial charge in [-0.15, -0.1) is 0 Å². The zero-order valence-corrected chi connectivity index (χ0v) is 6.67. The molecule has 0 aromatic carbocycles. The Labute approximate surface area is 67.2 Å². The number of rotatable bonds is 3. The Morgan fingerprint density at radius 2 is 2.18 bits per heavy atom. The van der Waals surface area contributed by atoms with Gasteiger partial charge in [-0.3, -0.25) is 5.41 Å². The first-order valence-corrected chi connectivity index (χ1v) is 3.27. The van der Waals surface area contributed by atoms with Crippen molar-refractivity contribution in [3.8, 4) is 0 Å². The molecule has 0 aromatic rings. The monoisotopic (exact) mass is 148 g/mol. The van der Waals surface area contributed by atoms with E-state index < -0.39 is 0 Å². The van der Waals surface area contributed by atoms with Crippen molar-refractivity contribution in [3.63, 3.8) is 0 Å². The Morgan fingerprint density at radius 1 is 1.55 bits per heavy atom. The third-order valence-corrected chi connectivity index (χ3v) is 1.12. The highest BCUT2D eigenvalue weighted by Gasteiger charge is 1.93. The maximum Gasteiger partial charge on any atom is 0.151 e. The number of nitrogens with zero attached hydrogens (tertiary/aromatic N) is 1. The second kappa shape index (κ2) is 5.35. The van der Waals surface area contributed by atoms with E-state index in [2.05, 4.69) is 18.3 Å². The quantitative estimate of drug-likeness (QED) is 0.362. The van der Waals surface area contributed by atoms with Crippen LogP contribution in [0.2, 0.25) is 0 Å². The molecule has 0 saturated heterocycles. The van der Waals surface area contributed by atoms with E-state index in [1.165, 1.54) is 0 Å². The first kappa shape index (κ1) is 9.56. The van der Waals surface area contributed by atoms with Crippen molar-refractivity contribution in [2.24, 2.45) is 4.99 Å². The topological polar surface area (TPSA) is 36.2 Å². The summed E-state index contributed by atoms with van der Waals surface area (Å²) < 4.78 is 0. The van der Waals surface area contributed by atoms with Gasteiger partial charge in [0.2, 0.25) is 0 Å². The lowest BCUT2D eigenvalue weighted by Crippen LogP contribution is -1.92. The summed E-state index contributed by atoms with van der Waals surface area (Å²) in [6.45, 7) is 8.71. The zero-order chi connectivity index (χ0) is 8.69. The van der Waals surface area contributed by atoms with Gasteiger partial charge in [0.15, 0.2) is 5.84 Å². The van der Waals surface area contributed by atoms with Crippen molar-refractivity contribution in [1.82, 2.24) is 0 Å². The first-order valence-electron chi connectivity index (χ1n) is 3.27. The molecule has 0 atom stereocenters. The molecular formula is C9H12N2. The summed E-state index contributed by atoms with van der Waals surface area (Å²) in [5.41, 5.74) is 0.679. The molecule has 0 fully saturated rings. The third-order valence-electron chi connectivity index (χ3n) is 1.12. The molecule has 2 nitrogen and oxygen atoms in total. The predicted octanol–water partition coefficient (Wildman–Crippen LogP) is 2.35. The molecule has 1 N–H and O–H groups in total. The summed E-state index contributed by atoms with van der Waals surface area (Å²) in [5, 5.41) is 7.27. The maximum absolute atomic E-state index is 7.27. The molecule has 0 amide bonds. The Bertz CT molecular complexity index is 222. The number of hydrogen-bond donors (Lipinski definition) is 1. The summed E-state index contributed by atoms with van der Waals surface area (Å²) in [5.74, 6) is 0.151. The molecule has 11 heavy (non-hydrogen) atoms. The number of amidine groups is 1. The number of hydrogen-bond acceptors (Lipinski definition) is 1. The lowest BCUT2D eigenvalue weighted by molar-refractivity contribution is 1.44. The van der Waals surface area contributed by atoms with Gasteiger partial charge in [-0.05, 0) is 13.6 Å². The fourth-order valence-corrected chi connectivity index (χ4v) is 0.535. The van der Waals surface area contributed by atoms with E-state index >= 15 is 0 Å². The lowest BCUT2D eigenvalue weighted by atomic mass is 10.2. The van der Waals surface area contributed by atoms with Gasteiger partial charge >= 0.3 is 0 Å². The van der Waals surface area contributed by atoms with Crippen LogP contribution in [0.1, 0.15) is 6.92 Å². The summed E-state index contributed by atoms with van der Waals surface area (Å²) in [6.07, 6.45) is 7.05. The van der Waals surface area contributed by atoms with Crippen molar-refractivity contribution in [2.75, 3.05) is 0 Å². The van der Waals surface area contributed by atoms with Crippen LogP contribution >= 0.6 is 0 Å². The van der Waals surface area contributed by atoms with E-state index in [0.717, 1.165) is 0 Å². The Hall–Kier alpha value is -1.44. The molecule has 0 spiro atoms. The molecule has 0 aromatic heterocycles. The Balaban J connectivity index is 4.51. The fourth-order valence-electron chi connectivity index (χ4n) is 0.535. The SMILES string of the molecule is C=CC(=CC=CC)C(=N)N=C. The van der Waals surface area contributed by atoms with Gasteiger partial charge in [0.25, 0.3) is 0 Å². The smallest absolute Gasteiger partial charge is 0.151 e. The van der Waals surface area contributed by atoms with E-state index in [0.29, 0.717) is 5.57 Å². The highest BCUT2D eigenvalue weighted by Crippen LogP contribution is 1.98. The van der Waals surface area contributed by atoms with Crippen LogP contribution < -0.4 is 0 Å². The highest BCUT2D eigenvalue weighted by atomic mass is 14.8. The van der Waals surface area contributed by atoms with Crippen molar-refractivity contribution in [2.45, 2.75) is 6.92 Å². The van der Waals surface area contributed by atoms with E-state index in [1.54, 1.807) is 12.2 Å². The maximum atomic E-state index is 7.27. The average Bonchev–Trinajstić information content (AvgIpc) is 2.05. The predicted molar refractivity (Wildman–Crippen MR) is 50.4 cm³/mol. The van der Waals surface area contributed by atoms with Crippen molar-refractivity contribution >= 4 is 12.6 Å². The molecule has 0 aliphatic heterocycles. The molecule has 0 bridgehead atoms. The third kappa shape index (κ3) is 3.30. The normalized spacial score (nSPS) is 11.5. The second-order valence-electron chi connectivity index (χ2n) is 1.86. The minimum Gasteiger partial charge on any atom is -0.282 e. The second-order valence-corrected chi connectivity index (χ2v) is 1.86. The van der Waals surface area contributed by atoms with Crippen LogP contribution in [-0.2, 0) is 0 Å². The van der Waals surface area contributed by atoms with E-state index in [1.807, 2.05) is 19.1 Å². The van der Waals surface area contributed by atoms with Crippen LogP contribution in [0.4, 0.5) is 0 Å². The Kier molecular flexibility index (Phi) is 4.65. The number of allylic oxidation sites excluding steroid dienone is 3. The lowest BCUT2D eigenvalue weighted by Gasteiger charge is -1.94. The van der Waals surface area contributed by atoms with Crippen molar-refractivity contribution in [3.05, 3.63) is 36.5 Å². The molecule has 58 valence electrons. The van der Waals surface area contributed by atoms with E-state index in [4.69, 9.17) is 5.41 Å². The largest absolute Gasteiger partial charge is 0.282 e. The standard InChI is InChI=1S/C9H12N2/c1-4-6-7-8(5-2)9(10)11-3/h4-7,10H,2-3H2,1H3. The fraction of sp³-hybridized carbons (Fsp3) is 0.111. The minimum atomic E-state index is 0.151. The van der Waals surface area contributed by atoms with Crippen LogP contribution in [0.25, 0.3) is 0 Å². The van der Waals surface area contributed by atoms with Crippen LogP contribution in [-0.4, -0.2) is 12.6 Å². The molecule has 0 unspecified atom stereocenters. The van der Waals surface area contributed by atoms with Gasteiger partial charge in [-0.1, -0.05) is 30.9 Å². The molecule has 0 radical (unpaired) electrons. The van der Waals surface area contributed by atoms with E-state index in [9.17, 15) is 0 Å². The van der Waals surface area contributed by atoms with E-state index in [-0.39, 0.29) is 5.84 Å². The molecule has 0 heterocycles. The summed E-state index contributed by atoms with van der Waals surface area (Å²) in [7, 11) is 0. The van der Waals surface area contributed by atoms with Crippen molar-refractivity contribution < 1.29 is 0 Å². The molecular weight excluding hydrogens is 136 g/mol. The van der Waals surface area contributed by atoms with Crippen LogP contribution in [0.15, 0.2) is 41.4 Å². The molecule has 2 heteroatoms. The molecule has 0 saturated carbocycles. The first-order chi connectivity index (χ1) is 5.26. The highest BCUT2D eigenvalue weighted by molar-refractivity contribution is 6.01. The van der Waals surface area contributed by atoms with Gasteiger partial charge in [0, 0.05) is 5.57 Å². The van der Waals surface area contributed by atoms with Gasteiger partial charge in [-0.2, -0.15) is 0 Å². The molecule has 0 rings (SSSR count). The minimum absolute atomic E-state index is 0.151. The van der Waals surface area contributed by atoms with Gasteiger partial charge < -0.3 is 0 Å². The number of aliphatic imine (C=N–C) groups is 1. The Morgan fingerprint density at radius 3 is 2.55 bits per heavy atom. The molecule has 0 aliphatic rings. The van der Waals surface area contributed by atoms with Crippen LogP contribution in [0, 0.1) is 5.41 Å². The molecule has 0 aliphatic carbocycles. The van der Waals surface area contributed by atoms with Gasteiger partial charge in [-0.25, -0.2) is 4.99 Å². The summed E-state index contributed by atoms with van der Waals surface area (Å²) in [4.78, 5) is 3.47.